The number of amides is 1. The van der Waals surface area contributed by atoms with Crippen molar-refractivity contribution < 1.29 is 28.8 Å². The molecule has 0 bridgehead atoms. The van der Waals surface area contributed by atoms with Gasteiger partial charge >= 0.3 is 0 Å². The zero-order valence-corrected chi connectivity index (χ0v) is 28.1. The number of nitrogens with one attached hydrogen (secondary N) is 1. The number of piperidine rings is 1. The molecule has 45 heavy (non-hydrogen) atoms. The molecule has 0 aromatic heterocycles. The van der Waals surface area contributed by atoms with E-state index in [-0.39, 0.29) is 46.5 Å². The van der Waals surface area contributed by atoms with Crippen molar-refractivity contribution >= 4 is 29.1 Å². The van der Waals surface area contributed by atoms with Gasteiger partial charge in [0, 0.05) is 62.6 Å². The van der Waals surface area contributed by atoms with E-state index in [1.807, 2.05) is 36.4 Å². The van der Waals surface area contributed by atoms with E-state index in [1.54, 1.807) is 13.2 Å². The monoisotopic (exact) mass is 656 g/mol. The van der Waals surface area contributed by atoms with Crippen LogP contribution in [0.3, 0.4) is 0 Å². The maximum Gasteiger partial charge on any atom is 0.254 e. The van der Waals surface area contributed by atoms with E-state index < -0.39 is 6.10 Å². The van der Waals surface area contributed by atoms with E-state index in [2.05, 4.69) is 31.0 Å². The van der Waals surface area contributed by atoms with Crippen molar-refractivity contribution in [2.75, 3.05) is 40.4 Å². The number of fused-ring (bicyclic) bond motifs is 1. The predicted octanol–water partition coefficient (Wildman–Crippen LogP) is 6.45. The molecule has 0 saturated carbocycles. The van der Waals surface area contributed by atoms with Crippen LogP contribution in [0, 0.1) is 0 Å². The highest BCUT2D eigenvalue weighted by Crippen LogP contribution is 2.47. The van der Waals surface area contributed by atoms with Crippen LogP contribution in [0.4, 0.5) is 0 Å². The predicted molar refractivity (Wildman–Crippen MR) is 177 cm³/mol. The normalized spacial score (nSPS) is 16.5. The second-order valence-electron chi connectivity index (χ2n) is 12.9. The molecule has 1 spiro atoms. The lowest BCUT2D eigenvalue weighted by molar-refractivity contribution is -0.00264. The summed E-state index contributed by atoms with van der Waals surface area (Å²) in [5.41, 5.74) is 3.18. The minimum absolute atomic E-state index is 0.000568. The molecule has 1 atom stereocenters. The van der Waals surface area contributed by atoms with Gasteiger partial charge in [0.05, 0.1) is 17.7 Å². The Morgan fingerprint density at radius 1 is 1.07 bits per heavy atom. The van der Waals surface area contributed by atoms with Crippen molar-refractivity contribution in [3.05, 3.63) is 80.8 Å². The van der Waals surface area contributed by atoms with Gasteiger partial charge in [-0.05, 0) is 46.9 Å². The Balaban J connectivity index is 1.18. The lowest BCUT2D eigenvalue weighted by Crippen LogP contribution is -2.49. The van der Waals surface area contributed by atoms with Crippen molar-refractivity contribution in [2.24, 2.45) is 0 Å². The van der Waals surface area contributed by atoms with Crippen molar-refractivity contribution in [3.63, 3.8) is 0 Å². The van der Waals surface area contributed by atoms with E-state index in [0.29, 0.717) is 12.3 Å². The topological polar surface area (TPSA) is 89.5 Å². The van der Waals surface area contributed by atoms with Crippen molar-refractivity contribution in [1.82, 2.24) is 10.2 Å². The summed E-state index contributed by atoms with van der Waals surface area (Å²) in [5, 5.41) is 14.6. The van der Waals surface area contributed by atoms with Crippen LogP contribution in [0.1, 0.15) is 60.7 Å². The highest BCUT2D eigenvalue weighted by molar-refractivity contribution is 6.32. The number of carbonyl (C=O) groups excluding carboxylic acids is 1. The maximum atomic E-state index is 12.6. The highest BCUT2D eigenvalue weighted by Gasteiger charge is 2.44. The van der Waals surface area contributed by atoms with E-state index >= 15 is 0 Å². The van der Waals surface area contributed by atoms with Gasteiger partial charge < -0.3 is 34.3 Å². The first-order valence-corrected chi connectivity index (χ1v) is 16.0. The number of carbonyl (C=O) groups is 1. The third-order valence-corrected chi connectivity index (χ3v) is 9.01. The molecule has 2 heterocycles. The number of nitrogens with zero attached hydrogens (tertiary/aromatic N) is 1. The van der Waals surface area contributed by atoms with Crippen LogP contribution in [-0.2, 0) is 18.4 Å². The first-order valence-electron chi connectivity index (χ1n) is 15.3. The Morgan fingerprint density at radius 3 is 2.42 bits per heavy atom. The summed E-state index contributed by atoms with van der Waals surface area (Å²) in [6.45, 7) is 8.81. The van der Waals surface area contributed by atoms with Crippen LogP contribution in [-0.4, -0.2) is 68.0 Å². The first-order chi connectivity index (χ1) is 21.4. The Labute approximate surface area is 275 Å². The lowest BCUT2D eigenvalue weighted by atomic mass is 9.84. The fourth-order valence-electron chi connectivity index (χ4n) is 5.98. The van der Waals surface area contributed by atoms with Gasteiger partial charge in [0.25, 0.3) is 5.91 Å². The zero-order chi connectivity index (χ0) is 32.4. The van der Waals surface area contributed by atoms with Crippen LogP contribution >= 0.6 is 23.2 Å². The first kappa shape index (κ1) is 33.2. The highest BCUT2D eigenvalue weighted by atomic mass is 35.5. The summed E-state index contributed by atoms with van der Waals surface area (Å²) in [6, 6.07) is 14.7. The van der Waals surface area contributed by atoms with Gasteiger partial charge in [-0.2, -0.15) is 0 Å². The molecule has 3 aromatic rings. The second kappa shape index (κ2) is 13.7. The number of hydrogen-bond acceptors (Lipinski definition) is 7. The standard InChI is InChI=1S/C35H42Cl2N2O6/c1-34(2,3)28-15-24(36)14-23-18-35(45-32(23)28)10-12-39(13-11-35)19-25(40)21-44-30-17-31(29(37)16-27(30)33(41)38-4)43-20-22-6-8-26(42-5)9-7-22/h6-9,14-17,25,40H,10-13,18-21H2,1-5H3,(H,38,41)/t25-/m0/s1. The lowest BCUT2D eigenvalue weighted by Gasteiger charge is -2.39. The summed E-state index contributed by atoms with van der Waals surface area (Å²) < 4.78 is 23.9. The molecule has 2 N–H and O–H groups in total. The summed E-state index contributed by atoms with van der Waals surface area (Å²) >= 11 is 12.9. The van der Waals surface area contributed by atoms with Gasteiger partial charge in [0.1, 0.15) is 47.9 Å². The fraction of sp³-hybridized carbons (Fsp3) is 0.457. The van der Waals surface area contributed by atoms with E-state index in [4.69, 9.17) is 42.1 Å². The molecule has 2 aliphatic rings. The summed E-state index contributed by atoms with van der Waals surface area (Å²) in [5.74, 6) is 2.04. The summed E-state index contributed by atoms with van der Waals surface area (Å²) in [6.07, 6.45) is 1.77. The number of likely N-dealkylation sites (tertiary alicyclic amines) is 1. The largest absolute Gasteiger partial charge is 0.497 e. The molecule has 5 rings (SSSR count). The third-order valence-electron chi connectivity index (χ3n) is 8.50. The Kier molecular flexibility index (Phi) is 10.1. The van der Waals surface area contributed by atoms with E-state index in [0.717, 1.165) is 60.0 Å². The molecule has 1 fully saturated rings. The van der Waals surface area contributed by atoms with Gasteiger partial charge in [0.15, 0.2) is 0 Å². The number of aliphatic hydroxyl groups is 1. The van der Waals surface area contributed by atoms with Gasteiger partial charge in [-0.15, -0.1) is 0 Å². The van der Waals surface area contributed by atoms with Crippen LogP contribution in [0.5, 0.6) is 23.0 Å². The van der Waals surface area contributed by atoms with E-state index in [9.17, 15) is 9.90 Å². The maximum absolute atomic E-state index is 12.6. The fourth-order valence-corrected chi connectivity index (χ4v) is 6.44. The zero-order valence-electron chi connectivity index (χ0n) is 26.5. The summed E-state index contributed by atoms with van der Waals surface area (Å²) in [4.78, 5) is 14.8. The molecule has 0 aliphatic carbocycles. The van der Waals surface area contributed by atoms with E-state index in [1.165, 1.54) is 18.7 Å². The van der Waals surface area contributed by atoms with Crippen molar-refractivity contribution in [1.29, 1.82) is 0 Å². The van der Waals surface area contributed by atoms with Gasteiger partial charge in [0.2, 0.25) is 0 Å². The van der Waals surface area contributed by atoms with Crippen molar-refractivity contribution in [3.8, 4) is 23.0 Å². The molecule has 242 valence electrons. The Hall–Kier alpha value is -3.17. The molecular formula is C35H42Cl2N2O6. The van der Waals surface area contributed by atoms with Crippen LogP contribution in [0.2, 0.25) is 10.0 Å². The molecule has 2 aliphatic heterocycles. The molecule has 1 amide bonds. The smallest absolute Gasteiger partial charge is 0.254 e. The number of aliphatic hydroxyl groups excluding tert-OH is 1. The average molecular weight is 658 g/mol. The SMILES string of the molecule is CNC(=O)c1cc(Cl)c(OCc2ccc(OC)cc2)cc1OC[C@@H](O)CN1CCC2(CC1)Cc1cc(Cl)cc(C(C)(C)C)c1O2. The molecule has 10 heteroatoms. The molecule has 0 unspecified atom stereocenters. The number of hydrogen-bond donors (Lipinski definition) is 2. The average Bonchev–Trinajstić information content (AvgIpc) is 3.37. The Bertz CT molecular complexity index is 1510. The number of ether oxygens (including phenoxy) is 4. The quantitative estimate of drug-likeness (QED) is 0.259. The van der Waals surface area contributed by atoms with Crippen molar-refractivity contribution in [2.45, 2.75) is 63.8 Å². The Morgan fingerprint density at radius 2 is 1.78 bits per heavy atom. The van der Waals surface area contributed by atoms with Gasteiger partial charge in [-0.3, -0.25) is 4.79 Å². The minimum atomic E-state index is -0.774. The van der Waals surface area contributed by atoms with Gasteiger partial charge in [-0.1, -0.05) is 56.1 Å². The molecule has 3 aromatic carbocycles. The molecule has 1 saturated heterocycles. The number of β-amino-alcohol motifs (C(OH)–C–C–N with tert-alkyl or cyclic N) is 1. The van der Waals surface area contributed by atoms with Gasteiger partial charge in [-0.25, -0.2) is 0 Å². The third kappa shape index (κ3) is 7.80. The van der Waals surface area contributed by atoms with Crippen LogP contribution < -0.4 is 24.3 Å². The number of rotatable bonds is 10. The molecular weight excluding hydrogens is 615 g/mol. The van der Waals surface area contributed by atoms with Crippen LogP contribution in [0.25, 0.3) is 0 Å². The number of benzene rings is 3. The van der Waals surface area contributed by atoms with Crippen LogP contribution in [0.15, 0.2) is 48.5 Å². The number of halogens is 2. The molecule has 0 radical (unpaired) electrons. The number of methoxy groups -OCH3 is 1. The molecule has 8 nitrogen and oxygen atoms in total. The summed E-state index contributed by atoms with van der Waals surface area (Å²) in [7, 11) is 3.15. The minimum Gasteiger partial charge on any atom is -0.497 e. The second-order valence-corrected chi connectivity index (χ2v) is 13.8.